The molecule has 3 rings (SSSR count). The van der Waals surface area contributed by atoms with Crippen molar-refractivity contribution in [1.29, 1.82) is 0 Å². The zero-order valence-corrected chi connectivity index (χ0v) is 20.4. The van der Waals surface area contributed by atoms with Crippen LogP contribution in [0.15, 0.2) is 76.0 Å². The monoisotopic (exact) mass is 508 g/mol. The van der Waals surface area contributed by atoms with Crippen LogP contribution in [0.1, 0.15) is 36.5 Å². The highest BCUT2D eigenvalue weighted by atomic mass is 32.2. The molecule has 1 heterocycles. The summed E-state index contributed by atoms with van der Waals surface area (Å²) in [6, 6.07) is 15.5. The van der Waals surface area contributed by atoms with Crippen molar-refractivity contribution in [3.8, 4) is 0 Å². The predicted octanol–water partition coefficient (Wildman–Crippen LogP) is 5.23. The zero-order chi connectivity index (χ0) is 25.8. The Kier molecular flexibility index (Phi) is 8.07. The SMILES string of the molecule is Cc1ccc(CN(Cc2ccccc2)C(=O)CN(C(C)C)S(=O)(=O)c2cccc(C(F)(F)F)c2)o1. The highest BCUT2D eigenvalue weighted by molar-refractivity contribution is 7.89. The molecule has 0 atom stereocenters. The van der Waals surface area contributed by atoms with Crippen LogP contribution in [0.2, 0.25) is 0 Å². The number of aryl methyl sites for hydroxylation is 1. The number of furan rings is 1. The molecule has 0 fully saturated rings. The minimum atomic E-state index is -4.70. The van der Waals surface area contributed by atoms with Crippen LogP contribution >= 0.6 is 0 Å². The molecule has 6 nitrogen and oxygen atoms in total. The quantitative estimate of drug-likeness (QED) is 0.397. The molecule has 35 heavy (non-hydrogen) atoms. The number of rotatable bonds is 9. The van der Waals surface area contributed by atoms with Gasteiger partial charge in [0, 0.05) is 12.6 Å². The van der Waals surface area contributed by atoms with Crippen molar-refractivity contribution in [2.75, 3.05) is 6.54 Å². The van der Waals surface area contributed by atoms with E-state index in [0.29, 0.717) is 17.6 Å². The predicted molar refractivity (Wildman–Crippen MR) is 125 cm³/mol. The lowest BCUT2D eigenvalue weighted by molar-refractivity contribution is -0.137. The summed E-state index contributed by atoms with van der Waals surface area (Å²) < 4.78 is 72.6. The Bertz CT molecular complexity index is 1250. The van der Waals surface area contributed by atoms with Crippen molar-refractivity contribution in [2.24, 2.45) is 0 Å². The number of carbonyl (C=O) groups is 1. The van der Waals surface area contributed by atoms with E-state index in [1.165, 1.54) is 4.90 Å². The molecule has 0 spiro atoms. The molecule has 0 saturated carbocycles. The molecule has 0 aliphatic heterocycles. The number of sulfonamides is 1. The molecular weight excluding hydrogens is 481 g/mol. The second-order valence-corrected chi connectivity index (χ2v) is 10.3. The third-order valence-electron chi connectivity index (χ3n) is 5.35. The lowest BCUT2D eigenvalue weighted by Crippen LogP contribution is -2.45. The Labute approximate surface area is 203 Å². The summed E-state index contributed by atoms with van der Waals surface area (Å²) >= 11 is 0. The molecule has 0 saturated heterocycles. The fraction of sp³-hybridized carbons (Fsp3) is 0.320. The van der Waals surface area contributed by atoms with Gasteiger partial charge in [0.1, 0.15) is 11.5 Å². The second-order valence-electron chi connectivity index (χ2n) is 8.42. The summed E-state index contributed by atoms with van der Waals surface area (Å²) in [6.07, 6.45) is -4.70. The van der Waals surface area contributed by atoms with Crippen molar-refractivity contribution < 1.29 is 30.8 Å². The Morgan fingerprint density at radius 2 is 1.66 bits per heavy atom. The van der Waals surface area contributed by atoms with Crippen LogP contribution in [-0.4, -0.2) is 36.1 Å². The van der Waals surface area contributed by atoms with E-state index in [9.17, 15) is 26.4 Å². The lowest BCUT2D eigenvalue weighted by Gasteiger charge is -2.29. The number of nitrogens with zero attached hydrogens (tertiary/aromatic N) is 2. The number of hydrogen-bond acceptors (Lipinski definition) is 4. The van der Waals surface area contributed by atoms with E-state index >= 15 is 0 Å². The van der Waals surface area contributed by atoms with Gasteiger partial charge in [-0.2, -0.15) is 17.5 Å². The lowest BCUT2D eigenvalue weighted by atomic mass is 10.2. The van der Waals surface area contributed by atoms with E-state index in [1.54, 1.807) is 32.9 Å². The number of hydrogen-bond donors (Lipinski definition) is 0. The molecular formula is C25H27F3N2O4S. The third-order valence-corrected chi connectivity index (χ3v) is 7.36. The van der Waals surface area contributed by atoms with E-state index in [2.05, 4.69) is 0 Å². The van der Waals surface area contributed by atoms with Crippen molar-refractivity contribution in [3.63, 3.8) is 0 Å². The minimum Gasteiger partial charge on any atom is -0.464 e. The smallest absolute Gasteiger partial charge is 0.416 e. The average Bonchev–Trinajstić information content (AvgIpc) is 3.21. The first kappa shape index (κ1) is 26.5. The van der Waals surface area contributed by atoms with Gasteiger partial charge in [-0.05, 0) is 56.7 Å². The molecule has 1 aromatic heterocycles. The van der Waals surface area contributed by atoms with E-state index in [0.717, 1.165) is 28.1 Å². The fourth-order valence-corrected chi connectivity index (χ4v) is 5.17. The molecule has 1 amide bonds. The number of alkyl halides is 3. The largest absolute Gasteiger partial charge is 0.464 e. The van der Waals surface area contributed by atoms with Crippen molar-refractivity contribution in [1.82, 2.24) is 9.21 Å². The van der Waals surface area contributed by atoms with E-state index in [4.69, 9.17) is 4.42 Å². The van der Waals surface area contributed by atoms with Crippen LogP contribution in [0.3, 0.4) is 0 Å². The van der Waals surface area contributed by atoms with Gasteiger partial charge in [-0.3, -0.25) is 4.79 Å². The maximum Gasteiger partial charge on any atom is 0.416 e. The van der Waals surface area contributed by atoms with Crippen LogP contribution in [0.4, 0.5) is 13.2 Å². The van der Waals surface area contributed by atoms with Crippen LogP contribution in [0.25, 0.3) is 0 Å². The molecule has 0 N–H and O–H groups in total. The fourth-order valence-electron chi connectivity index (χ4n) is 3.54. The Hall–Kier alpha value is -3.11. The first-order valence-corrected chi connectivity index (χ1v) is 12.4. The normalized spacial score (nSPS) is 12.3. The van der Waals surface area contributed by atoms with Crippen LogP contribution in [0, 0.1) is 6.92 Å². The number of benzene rings is 2. The van der Waals surface area contributed by atoms with Crippen molar-refractivity contribution in [3.05, 3.63) is 89.4 Å². The maximum absolute atomic E-state index is 13.4. The van der Waals surface area contributed by atoms with E-state index in [-0.39, 0.29) is 13.1 Å². The van der Waals surface area contributed by atoms with Gasteiger partial charge in [0.05, 0.1) is 23.5 Å². The zero-order valence-electron chi connectivity index (χ0n) is 19.6. The van der Waals surface area contributed by atoms with Gasteiger partial charge in [-0.1, -0.05) is 36.4 Å². The number of amides is 1. The molecule has 0 aliphatic rings. The topological polar surface area (TPSA) is 70.8 Å². The molecule has 0 radical (unpaired) electrons. The van der Waals surface area contributed by atoms with Gasteiger partial charge in [0.2, 0.25) is 15.9 Å². The van der Waals surface area contributed by atoms with Gasteiger partial charge >= 0.3 is 6.18 Å². The van der Waals surface area contributed by atoms with Crippen LogP contribution < -0.4 is 0 Å². The van der Waals surface area contributed by atoms with Crippen molar-refractivity contribution in [2.45, 2.75) is 51.0 Å². The molecule has 10 heteroatoms. The molecule has 0 aliphatic carbocycles. The van der Waals surface area contributed by atoms with Crippen LogP contribution in [0.5, 0.6) is 0 Å². The van der Waals surface area contributed by atoms with Gasteiger partial charge in [0.25, 0.3) is 0 Å². The standard InChI is InChI=1S/C25H27F3N2O4S/c1-18(2)30(35(32,33)23-11-7-10-21(14-23)25(26,27)28)17-24(31)29(15-20-8-5-4-6-9-20)16-22-13-12-19(3)34-22/h4-14,18H,15-17H2,1-3H3. The number of carbonyl (C=O) groups excluding carboxylic acids is 1. The van der Waals surface area contributed by atoms with E-state index in [1.807, 2.05) is 30.3 Å². The second kappa shape index (κ2) is 10.7. The van der Waals surface area contributed by atoms with Crippen LogP contribution in [-0.2, 0) is 34.1 Å². The number of halogens is 3. The summed E-state index contributed by atoms with van der Waals surface area (Å²) in [5.74, 6) is 0.693. The Morgan fingerprint density at radius 3 is 2.23 bits per heavy atom. The molecule has 3 aromatic rings. The van der Waals surface area contributed by atoms with Gasteiger partial charge in [-0.15, -0.1) is 0 Å². The average molecular weight is 509 g/mol. The summed E-state index contributed by atoms with van der Waals surface area (Å²) in [7, 11) is -4.39. The van der Waals surface area contributed by atoms with Gasteiger partial charge in [-0.25, -0.2) is 8.42 Å². The molecule has 0 unspecified atom stereocenters. The van der Waals surface area contributed by atoms with Gasteiger partial charge < -0.3 is 9.32 Å². The summed E-state index contributed by atoms with van der Waals surface area (Å²) in [5.41, 5.74) is -0.242. The summed E-state index contributed by atoms with van der Waals surface area (Å²) in [4.78, 5) is 14.3. The first-order valence-electron chi connectivity index (χ1n) is 10.9. The molecule has 0 bridgehead atoms. The van der Waals surface area contributed by atoms with Crippen molar-refractivity contribution >= 4 is 15.9 Å². The maximum atomic E-state index is 13.4. The van der Waals surface area contributed by atoms with Gasteiger partial charge in [0.15, 0.2) is 0 Å². The Balaban J connectivity index is 1.90. The summed E-state index contributed by atoms with van der Waals surface area (Å²) in [6.45, 7) is 4.68. The summed E-state index contributed by atoms with van der Waals surface area (Å²) in [5, 5.41) is 0. The minimum absolute atomic E-state index is 0.108. The molecule has 188 valence electrons. The molecule has 2 aromatic carbocycles. The first-order chi connectivity index (χ1) is 16.4. The Morgan fingerprint density at radius 1 is 0.971 bits per heavy atom. The highest BCUT2D eigenvalue weighted by Gasteiger charge is 2.35. The third kappa shape index (κ3) is 6.73. The van der Waals surface area contributed by atoms with E-state index < -0.39 is 45.2 Å². The highest BCUT2D eigenvalue weighted by Crippen LogP contribution is 2.31.